The van der Waals surface area contributed by atoms with Crippen molar-refractivity contribution in [3.05, 3.63) is 77.2 Å². The molecule has 5 nitrogen and oxygen atoms in total. The van der Waals surface area contributed by atoms with E-state index in [-0.39, 0.29) is 11.4 Å². The lowest BCUT2D eigenvalue weighted by Crippen LogP contribution is -2.15. The van der Waals surface area contributed by atoms with Crippen molar-refractivity contribution < 1.29 is 18.0 Å². The predicted octanol–water partition coefficient (Wildman–Crippen LogP) is 5.11. The molecule has 0 fully saturated rings. The highest BCUT2D eigenvalue weighted by Gasteiger charge is 2.30. The number of anilines is 3. The number of halogens is 3. The molecule has 3 rings (SSSR count). The molecule has 0 atom stereocenters. The third-order valence-electron chi connectivity index (χ3n) is 3.83. The monoisotopic (exact) mass is 386 g/mol. The van der Waals surface area contributed by atoms with Crippen LogP contribution in [0.5, 0.6) is 0 Å². The zero-order valence-electron chi connectivity index (χ0n) is 15.1. The van der Waals surface area contributed by atoms with E-state index in [0.717, 1.165) is 23.4 Å². The number of aryl methyl sites for hydroxylation is 2. The highest BCUT2D eigenvalue weighted by Crippen LogP contribution is 2.29. The maximum absolute atomic E-state index is 12.6. The topological polar surface area (TPSA) is 66.9 Å². The molecule has 3 aromatic rings. The summed E-state index contributed by atoms with van der Waals surface area (Å²) < 4.78 is 37.9. The molecule has 144 valence electrons. The summed E-state index contributed by atoms with van der Waals surface area (Å²) >= 11 is 0. The van der Waals surface area contributed by atoms with Gasteiger partial charge in [0.15, 0.2) is 0 Å². The van der Waals surface area contributed by atoms with Crippen LogP contribution in [-0.4, -0.2) is 15.9 Å². The van der Waals surface area contributed by atoms with Crippen molar-refractivity contribution in [3.8, 4) is 0 Å². The lowest BCUT2D eigenvalue weighted by molar-refractivity contribution is -0.137. The number of nitrogens with one attached hydrogen (secondary N) is 2. The molecule has 28 heavy (non-hydrogen) atoms. The van der Waals surface area contributed by atoms with Gasteiger partial charge in [-0.3, -0.25) is 4.79 Å². The zero-order chi connectivity index (χ0) is 20.3. The average molecular weight is 386 g/mol. The number of amides is 1. The van der Waals surface area contributed by atoms with Crippen LogP contribution >= 0.6 is 0 Å². The van der Waals surface area contributed by atoms with Gasteiger partial charge in [-0.05, 0) is 55.8 Å². The molecule has 8 heteroatoms. The minimum Gasteiger partial charge on any atom is -0.340 e. The summed E-state index contributed by atoms with van der Waals surface area (Å²) in [7, 11) is 0. The fourth-order valence-corrected chi connectivity index (χ4v) is 2.56. The van der Waals surface area contributed by atoms with Gasteiger partial charge < -0.3 is 10.6 Å². The quantitative estimate of drug-likeness (QED) is 0.654. The molecule has 0 saturated carbocycles. The van der Waals surface area contributed by atoms with Crippen molar-refractivity contribution in [2.75, 3.05) is 10.6 Å². The van der Waals surface area contributed by atoms with Gasteiger partial charge in [0, 0.05) is 17.4 Å². The van der Waals surface area contributed by atoms with Crippen LogP contribution in [0.1, 0.15) is 27.4 Å². The summed E-state index contributed by atoms with van der Waals surface area (Å²) in [4.78, 5) is 20.8. The van der Waals surface area contributed by atoms with Crippen LogP contribution in [0.3, 0.4) is 0 Å². The second kappa shape index (κ2) is 7.67. The Kier molecular flexibility index (Phi) is 5.30. The van der Waals surface area contributed by atoms with E-state index >= 15 is 0 Å². The van der Waals surface area contributed by atoms with E-state index in [1.165, 1.54) is 18.2 Å². The Labute approximate surface area is 159 Å². The van der Waals surface area contributed by atoms with Crippen molar-refractivity contribution >= 4 is 23.1 Å². The molecule has 2 N–H and O–H groups in total. The number of aromatic nitrogens is 2. The Morgan fingerprint density at radius 1 is 0.929 bits per heavy atom. The van der Waals surface area contributed by atoms with Gasteiger partial charge in [0.2, 0.25) is 0 Å². The van der Waals surface area contributed by atoms with Gasteiger partial charge in [0.1, 0.15) is 17.3 Å². The maximum atomic E-state index is 12.6. The summed E-state index contributed by atoms with van der Waals surface area (Å²) in [5.74, 6) is 0.281. The third kappa shape index (κ3) is 4.85. The van der Waals surface area contributed by atoms with Crippen LogP contribution in [0.15, 0.2) is 54.6 Å². The van der Waals surface area contributed by atoms with Crippen LogP contribution < -0.4 is 10.6 Å². The number of nitrogens with zero attached hydrogens (tertiary/aromatic N) is 2. The fourth-order valence-electron chi connectivity index (χ4n) is 2.56. The first-order valence-electron chi connectivity index (χ1n) is 8.39. The van der Waals surface area contributed by atoms with Gasteiger partial charge in [-0.15, -0.1) is 0 Å². The van der Waals surface area contributed by atoms with E-state index in [1.807, 2.05) is 31.2 Å². The molecular formula is C20H17F3N4O. The Bertz CT molecular complexity index is 1000. The summed E-state index contributed by atoms with van der Waals surface area (Å²) in [5.41, 5.74) is 1.43. The molecule has 0 unspecified atom stereocenters. The summed E-state index contributed by atoms with van der Waals surface area (Å²) in [5, 5.41) is 5.65. The van der Waals surface area contributed by atoms with Crippen LogP contribution in [0.4, 0.5) is 30.4 Å². The van der Waals surface area contributed by atoms with E-state index in [1.54, 1.807) is 6.92 Å². The van der Waals surface area contributed by atoms with E-state index in [2.05, 4.69) is 20.6 Å². The first-order valence-corrected chi connectivity index (χ1v) is 8.39. The molecule has 0 aliphatic heterocycles. The molecule has 2 aromatic carbocycles. The maximum Gasteiger partial charge on any atom is 0.416 e. The van der Waals surface area contributed by atoms with E-state index in [9.17, 15) is 18.0 Å². The molecule has 0 radical (unpaired) electrons. The first-order chi connectivity index (χ1) is 13.2. The fraction of sp³-hybridized carbons (Fsp3) is 0.150. The number of hydrogen-bond donors (Lipinski definition) is 2. The summed E-state index contributed by atoms with van der Waals surface area (Å²) in [6.45, 7) is 3.61. The van der Waals surface area contributed by atoms with Crippen molar-refractivity contribution in [3.63, 3.8) is 0 Å². The largest absolute Gasteiger partial charge is 0.416 e. The van der Waals surface area contributed by atoms with Crippen molar-refractivity contribution in [1.82, 2.24) is 9.97 Å². The molecule has 0 aliphatic rings. The average Bonchev–Trinajstić information content (AvgIpc) is 2.61. The van der Waals surface area contributed by atoms with Gasteiger partial charge >= 0.3 is 6.18 Å². The van der Waals surface area contributed by atoms with E-state index < -0.39 is 17.6 Å². The van der Waals surface area contributed by atoms with Gasteiger partial charge in [0.25, 0.3) is 5.91 Å². The van der Waals surface area contributed by atoms with E-state index in [0.29, 0.717) is 11.6 Å². The lowest BCUT2D eigenvalue weighted by atomic mass is 10.2. The van der Waals surface area contributed by atoms with Crippen molar-refractivity contribution in [2.24, 2.45) is 0 Å². The molecule has 1 heterocycles. The number of rotatable bonds is 4. The highest BCUT2D eigenvalue weighted by molar-refractivity contribution is 6.03. The minimum absolute atomic E-state index is 0.0996. The van der Waals surface area contributed by atoms with Gasteiger partial charge in [-0.2, -0.15) is 13.2 Å². The number of hydrogen-bond acceptors (Lipinski definition) is 4. The van der Waals surface area contributed by atoms with Crippen LogP contribution in [0, 0.1) is 13.8 Å². The Hall–Kier alpha value is -3.42. The minimum atomic E-state index is -4.43. The van der Waals surface area contributed by atoms with Crippen LogP contribution in [0.25, 0.3) is 0 Å². The SMILES string of the molecule is Cc1cccc(Nc2cc(C(=O)Nc3ccc(C(F)(F)F)cc3)nc(C)n2)c1. The standard InChI is InChI=1S/C20H17F3N4O/c1-12-4-3-5-16(10-12)26-18-11-17(24-13(2)25-18)19(28)27-15-8-6-14(7-9-15)20(21,22)23/h3-11H,1-2H3,(H,27,28)(H,24,25,26). The first kappa shape index (κ1) is 19.3. The van der Waals surface area contributed by atoms with Crippen LogP contribution in [-0.2, 0) is 6.18 Å². The van der Waals surface area contributed by atoms with Crippen molar-refractivity contribution in [1.29, 1.82) is 0 Å². The van der Waals surface area contributed by atoms with Gasteiger partial charge in [-0.25, -0.2) is 9.97 Å². The normalized spacial score (nSPS) is 11.2. The zero-order valence-corrected chi connectivity index (χ0v) is 15.1. The Morgan fingerprint density at radius 3 is 2.29 bits per heavy atom. The number of alkyl halides is 3. The third-order valence-corrected chi connectivity index (χ3v) is 3.83. The van der Waals surface area contributed by atoms with Gasteiger partial charge in [0.05, 0.1) is 5.56 Å². The second-order valence-electron chi connectivity index (χ2n) is 6.21. The molecule has 0 spiro atoms. The van der Waals surface area contributed by atoms with Crippen molar-refractivity contribution in [2.45, 2.75) is 20.0 Å². The number of carbonyl (C=O) groups is 1. The molecular weight excluding hydrogens is 369 g/mol. The highest BCUT2D eigenvalue weighted by atomic mass is 19.4. The predicted molar refractivity (Wildman–Crippen MR) is 101 cm³/mol. The Balaban J connectivity index is 1.77. The molecule has 1 amide bonds. The lowest BCUT2D eigenvalue weighted by Gasteiger charge is -2.11. The second-order valence-corrected chi connectivity index (χ2v) is 6.21. The smallest absolute Gasteiger partial charge is 0.340 e. The number of benzene rings is 2. The molecule has 0 bridgehead atoms. The number of carbonyl (C=O) groups excluding carboxylic acids is 1. The van der Waals surface area contributed by atoms with Gasteiger partial charge in [-0.1, -0.05) is 12.1 Å². The molecule has 1 aromatic heterocycles. The summed E-state index contributed by atoms with van der Waals surface area (Å²) in [6.07, 6.45) is -4.43. The van der Waals surface area contributed by atoms with Crippen LogP contribution in [0.2, 0.25) is 0 Å². The summed E-state index contributed by atoms with van der Waals surface area (Å²) in [6, 6.07) is 13.3. The Morgan fingerprint density at radius 2 is 1.64 bits per heavy atom. The molecule has 0 saturated heterocycles. The van der Waals surface area contributed by atoms with E-state index in [4.69, 9.17) is 0 Å². The molecule has 0 aliphatic carbocycles.